The first-order valence-corrected chi connectivity index (χ1v) is 7.93. The van der Waals surface area contributed by atoms with Gasteiger partial charge in [0.2, 0.25) is 0 Å². The van der Waals surface area contributed by atoms with Crippen molar-refractivity contribution in [2.75, 3.05) is 19.6 Å². The Morgan fingerprint density at radius 1 is 1.19 bits per heavy atom. The molecule has 4 heteroatoms. The number of hydrogen-bond acceptors (Lipinski definition) is 3. The maximum absolute atomic E-state index is 5.67. The summed E-state index contributed by atoms with van der Waals surface area (Å²) in [7, 11) is 2.09. The highest BCUT2D eigenvalue weighted by molar-refractivity contribution is 5.08. The van der Waals surface area contributed by atoms with E-state index in [4.69, 9.17) is 4.42 Å². The summed E-state index contributed by atoms with van der Waals surface area (Å²) in [5, 5.41) is 3.59. The zero-order valence-electron chi connectivity index (χ0n) is 12.8. The van der Waals surface area contributed by atoms with E-state index in [-0.39, 0.29) is 0 Å². The van der Waals surface area contributed by atoms with E-state index in [9.17, 15) is 0 Å². The van der Waals surface area contributed by atoms with Gasteiger partial charge in [0, 0.05) is 32.0 Å². The van der Waals surface area contributed by atoms with Crippen LogP contribution in [0.15, 0.2) is 41.1 Å². The third-order valence-corrected chi connectivity index (χ3v) is 4.40. The molecule has 1 aliphatic rings. The molecule has 3 heterocycles. The summed E-state index contributed by atoms with van der Waals surface area (Å²) < 4.78 is 7.84. The van der Waals surface area contributed by atoms with Crippen molar-refractivity contribution < 1.29 is 4.42 Å². The smallest absolute Gasteiger partial charge is 0.122 e. The zero-order chi connectivity index (χ0) is 14.5. The van der Waals surface area contributed by atoms with Crippen LogP contribution in [0.4, 0.5) is 0 Å². The Labute approximate surface area is 126 Å². The van der Waals surface area contributed by atoms with Gasteiger partial charge >= 0.3 is 0 Å². The fourth-order valence-corrected chi connectivity index (χ4v) is 3.14. The molecule has 0 amide bonds. The van der Waals surface area contributed by atoms with Gasteiger partial charge in [0.05, 0.1) is 12.3 Å². The quantitative estimate of drug-likeness (QED) is 0.887. The van der Waals surface area contributed by atoms with E-state index in [1.54, 1.807) is 6.26 Å². The van der Waals surface area contributed by atoms with Crippen LogP contribution in [0, 0.1) is 0 Å². The lowest BCUT2D eigenvalue weighted by Gasteiger charge is -2.33. The van der Waals surface area contributed by atoms with E-state index in [1.807, 2.05) is 6.07 Å². The van der Waals surface area contributed by atoms with Crippen LogP contribution in [-0.4, -0.2) is 29.1 Å². The summed E-state index contributed by atoms with van der Waals surface area (Å²) in [4.78, 5) is 2.56. The van der Waals surface area contributed by atoms with Crippen LogP contribution in [0.1, 0.15) is 36.8 Å². The second kappa shape index (κ2) is 6.96. The molecule has 1 fully saturated rings. The molecular weight excluding hydrogens is 262 g/mol. The molecule has 2 aromatic heterocycles. The van der Waals surface area contributed by atoms with Crippen molar-refractivity contribution in [2.45, 2.75) is 31.8 Å². The lowest BCUT2D eigenvalue weighted by Crippen LogP contribution is -2.39. The van der Waals surface area contributed by atoms with Gasteiger partial charge in [-0.15, -0.1) is 0 Å². The number of likely N-dealkylation sites (tertiary alicyclic amines) is 1. The third-order valence-electron chi connectivity index (χ3n) is 4.40. The minimum Gasteiger partial charge on any atom is -0.468 e. The first-order valence-electron chi connectivity index (χ1n) is 7.93. The number of rotatable bonds is 6. The van der Waals surface area contributed by atoms with Gasteiger partial charge in [-0.25, -0.2) is 0 Å². The van der Waals surface area contributed by atoms with Crippen molar-refractivity contribution in [1.82, 2.24) is 14.8 Å². The van der Waals surface area contributed by atoms with E-state index >= 15 is 0 Å². The first kappa shape index (κ1) is 14.4. The summed E-state index contributed by atoms with van der Waals surface area (Å²) >= 11 is 0. The molecule has 1 N–H and O–H groups in total. The second-order valence-corrected chi connectivity index (χ2v) is 5.87. The molecule has 0 bridgehead atoms. The van der Waals surface area contributed by atoms with Gasteiger partial charge < -0.3 is 14.3 Å². The lowest BCUT2D eigenvalue weighted by molar-refractivity contribution is 0.142. The number of aryl methyl sites for hydroxylation is 1. The van der Waals surface area contributed by atoms with Crippen LogP contribution in [0.5, 0.6) is 0 Å². The Morgan fingerprint density at radius 2 is 2.05 bits per heavy atom. The summed E-state index contributed by atoms with van der Waals surface area (Å²) in [6.07, 6.45) is 7.83. The standard InChI is InChI=1S/C17H25N3O/c1-19-9-5-7-15(19)13-18-14-16(17-8-6-12-21-17)20-10-3-2-4-11-20/h5-9,12,16,18H,2-4,10-11,13-14H2,1H3. The molecule has 0 aliphatic carbocycles. The minimum absolute atomic E-state index is 0.348. The molecule has 1 unspecified atom stereocenters. The molecule has 1 aliphatic heterocycles. The predicted molar refractivity (Wildman–Crippen MR) is 84.0 cm³/mol. The number of nitrogens with zero attached hydrogens (tertiary/aromatic N) is 2. The molecular formula is C17H25N3O. The average Bonchev–Trinajstić information content (AvgIpc) is 3.17. The molecule has 3 rings (SSSR count). The van der Waals surface area contributed by atoms with Gasteiger partial charge in [0.25, 0.3) is 0 Å². The summed E-state index contributed by atoms with van der Waals surface area (Å²) in [6.45, 7) is 4.18. The predicted octanol–water partition coefficient (Wildman–Crippen LogP) is 2.93. The van der Waals surface area contributed by atoms with E-state index < -0.39 is 0 Å². The van der Waals surface area contributed by atoms with E-state index in [2.05, 4.69) is 46.2 Å². The van der Waals surface area contributed by atoms with E-state index in [1.165, 1.54) is 38.0 Å². The van der Waals surface area contributed by atoms with Crippen LogP contribution < -0.4 is 5.32 Å². The van der Waals surface area contributed by atoms with Crippen LogP contribution in [-0.2, 0) is 13.6 Å². The molecule has 0 saturated carbocycles. The second-order valence-electron chi connectivity index (χ2n) is 5.87. The molecule has 2 aromatic rings. The van der Waals surface area contributed by atoms with Crippen molar-refractivity contribution in [2.24, 2.45) is 7.05 Å². The van der Waals surface area contributed by atoms with E-state index in [0.717, 1.165) is 18.8 Å². The highest BCUT2D eigenvalue weighted by atomic mass is 16.3. The number of nitrogens with one attached hydrogen (secondary N) is 1. The Balaban J connectivity index is 1.61. The Bertz CT molecular complexity index is 526. The van der Waals surface area contributed by atoms with Crippen LogP contribution in [0.3, 0.4) is 0 Å². The van der Waals surface area contributed by atoms with Crippen molar-refractivity contribution in [3.05, 3.63) is 48.2 Å². The summed E-state index contributed by atoms with van der Waals surface area (Å²) in [5.41, 5.74) is 1.31. The molecule has 4 nitrogen and oxygen atoms in total. The lowest BCUT2D eigenvalue weighted by atomic mass is 10.1. The molecule has 21 heavy (non-hydrogen) atoms. The van der Waals surface area contributed by atoms with E-state index in [0.29, 0.717) is 6.04 Å². The van der Waals surface area contributed by atoms with Crippen molar-refractivity contribution in [3.8, 4) is 0 Å². The molecule has 0 aromatic carbocycles. The minimum atomic E-state index is 0.348. The SMILES string of the molecule is Cn1cccc1CNCC(c1ccco1)N1CCCCC1. The number of furan rings is 1. The Morgan fingerprint density at radius 3 is 2.71 bits per heavy atom. The Kier molecular flexibility index (Phi) is 4.78. The Hall–Kier alpha value is -1.52. The van der Waals surface area contributed by atoms with Gasteiger partial charge in [0.1, 0.15) is 5.76 Å². The van der Waals surface area contributed by atoms with Gasteiger partial charge in [-0.2, -0.15) is 0 Å². The van der Waals surface area contributed by atoms with Crippen molar-refractivity contribution in [1.29, 1.82) is 0 Å². The fourth-order valence-electron chi connectivity index (χ4n) is 3.14. The number of hydrogen-bond donors (Lipinski definition) is 1. The molecule has 1 saturated heterocycles. The van der Waals surface area contributed by atoms with Crippen LogP contribution in [0.25, 0.3) is 0 Å². The van der Waals surface area contributed by atoms with Crippen LogP contribution in [0.2, 0.25) is 0 Å². The maximum Gasteiger partial charge on any atom is 0.122 e. The van der Waals surface area contributed by atoms with Crippen molar-refractivity contribution >= 4 is 0 Å². The summed E-state index contributed by atoms with van der Waals surface area (Å²) in [6, 6.07) is 8.69. The van der Waals surface area contributed by atoms with Gasteiger partial charge in [-0.05, 0) is 50.2 Å². The summed E-state index contributed by atoms with van der Waals surface area (Å²) in [5.74, 6) is 1.08. The van der Waals surface area contributed by atoms with Gasteiger partial charge in [-0.1, -0.05) is 6.42 Å². The van der Waals surface area contributed by atoms with Crippen LogP contribution >= 0.6 is 0 Å². The first-order chi connectivity index (χ1) is 10.3. The van der Waals surface area contributed by atoms with Crippen molar-refractivity contribution in [3.63, 3.8) is 0 Å². The largest absolute Gasteiger partial charge is 0.468 e. The highest BCUT2D eigenvalue weighted by Crippen LogP contribution is 2.24. The van der Waals surface area contributed by atoms with Gasteiger partial charge in [-0.3, -0.25) is 4.90 Å². The molecule has 114 valence electrons. The molecule has 0 spiro atoms. The maximum atomic E-state index is 5.67. The monoisotopic (exact) mass is 287 g/mol. The molecule has 0 radical (unpaired) electrons. The zero-order valence-corrected chi connectivity index (χ0v) is 12.8. The number of piperidine rings is 1. The average molecular weight is 287 g/mol. The molecule has 1 atom stereocenters. The fraction of sp³-hybridized carbons (Fsp3) is 0.529. The number of aromatic nitrogens is 1. The normalized spacial score (nSPS) is 18.0. The van der Waals surface area contributed by atoms with Gasteiger partial charge in [0.15, 0.2) is 0 Å². The third kappa shape index (κ3) is 3.57. The highest BCUT2D eigenvalue weighted by Gasteiger charge is 2.23. The topological polar surface area (TPSA) is 33.3 Å².